The molecule has 2 aliphatic rings. The third-order valence-electron chi connectivity index (χ3n) is 6.59. The highest BCUT2D eigenvalue weighted by molar-refractivity contribution is 7.11. The predicted octanol–water partition coefficient (Wildman–Crippen LogP) is 2.89. The average molecular weight is 466 g/mol. The Hall–Kier alpha value is -3.20. The maximum Gasteiger partial charge on any atom is 0.268 e. The number of fused-ring (bicyclic) bond motifs is 3. The normalized spacial score (nSPS) is 20.9. The number of carbonyl (C=O) groups excluding carboxylic acids is 3. The molecule has 9 heteroatoms. The van der Waals surface area contributed by atoms with Crippen LogP contribution in [0.15, 0.2) is 42.0 Å². The molecule has 3 atom stereocenters. The zero-order valence-electron chi connectivity index (χ0n) is 18.9. The van der Waals surface area contributed by atoms with E-state index in [4.69, 9.17) is 0 Å². The predicted molar refractivity (Wildman–Crippen MR) is 126 cm³/mol. The van der Waals surface area contributed by atoms with E-state index < -0.39 is 11.5 Å². The van der Waals surface area contributed by atoms with E-state index in [-0.39, 0.29) is 29.8 Å². The molecule has 2 N–H and O–H groups in total. The molecule has 0 spiro atoms. The molecule has 2 bridgehead atoms. The van der Waals surface area contributed by atoms with E-state index in [1.807, 2.05) is 54.8 Å². The van der Waals surface area contributed by atoms with Crippen LogP contribution >= 0.6 is 11.3 Å². The number of nitrogens with one attached hydrogen (secondary N) is 2. The number of nitrogens with zero attached hydrogens (tertiary/aromatic N) is 3. The van der Waals surface area contributed by atoms with Crippen LogP contribution in [0.25, 0.3) is 10.9 Å². The highest BCUT2D eigenvalue weighted by Crippen LogP contribution is 2.34. The standard InChI is InChI=1S/C24H27N5O3S/c1-24(2,3)20(27-21(30)18-8-14-6-4-5-7-17(14)26-18)23(32)29-12-15-9-16(29)11-28(15)22(31)19-10-25-13-33-19/h4-8,10,13,15-16,20,26H,9,11-12H2,1-3H3,(H,27,30). The van der Waals surface area contributed by atoms with Gasteiger partial charge in [-0.2, -0.15) is 0 Å². The monoisotopic (exact) mass is 465 g/mol. The van der Waals surface area contributed by atoms with Crippen molar-refractivity contribution in [1.29, 1.82) is 0 Å². The van der Waals surface area contributed by atoms with Gasteiger partial charge in [-0.15, -0.1) is 11.3 Å². The number of aromatic nitrogens is 2. The fourth-order valence-electron chi connectivity index (χ4n) is 4.87. The molecule has 8 nitrogen and oxygen atoms in total. The van der Waals surface area contributed by atoms with Crippen molar-refractivity contribution < 1.29 is 14.4 Å². The minimum Gasteiger partial charge on any atom is -0.351 e. The molecule has 33 heavy (non-hydrogen) atoms. The number of para-hydroxylation sites is 1. The van der Waals surface area contributed by atoms with E-state index in [9.17, 15) is 14.4 Å². The van der Waals surface area contributed by atoms with Crippen LogP contribution in [0.2, 0.25) is 0 Å². The molecule has 0 aliphatic carbocycles. The van der Waals surface area contributed by atoms with Gasteiger partial charge in [0.1, 0.15) is 16.6 Å². The van der Waals surface area contributed by atoms with Crippen molar-refractivity contribution >= 4 is 40.0 Å². The van der Waals surface area contributed by atoms with E-state index in [2.05, 4.69) is 15.3 Å². The zero-order chi connectivity index (χ0) is 23.3. The Balaban J connectivity index is 1.30. The summed E-state index contributed by atoms with van der Waals surface area (Å²) < 4.78 is 0. The van der Waals surface area contributed by atoms with Gasteiger partial charge in [0, 0.05) is 24.0 Å². The quantitative estimate of drug-likeness (QED) is 0.619. The van der Waals surface area contributed by atoms with E-state index in [0.29, 0.717) is 23.7 Å². The number of amides is 3. The van der Waals surface area contributed by atoms with Crippen molar-refractivity contribution in [2.45, 2.75) is 45.3 Å². The number of piperazine rings is 1. The number of likely N-dealkylation sites (tertiary alicyclic amines) is 2. The third kappa shape index (κ3) is 3.90. The van der Waals surface area contributed by atoms with Crippen LogP contribution in [0.5, 0.6) is 0 Å². The van der Waals surface area contributed by atoms with Crippen LogP contribution in [0.1, 0.15) is 47.4 Å². The number of H-pyrrole nitrogens is 1. The molecule has 2 saturated heterocycles. The highest BCUT2D eigenvalue weighted by Gasteiger charge is 2.50. The smallest absolute Gasteiger partial charge is 0.268 e. The summed E-state index contributed by atoms with van der Waals surface area (Å²) in [6.07, 6.45) is 2.36. The first kappa shape index (κ1) is 21.6. The van der Waals surface area contributed by atoms with Crippen LogP contribution in [0.4, 0.5) is 0 Å². The van der Waals surface area contributed by atoms with Crippen LogP contribution in [0.3, 0.4) is 0 Å². The fourth-order valence-corrected chi connectivity index (χ4v) is 5.44. The number of aromatic amines is 1. The minimum absolute atomic E-state index is 0.00132. The maximum atomic E-state index is 13.6. The van der Waals surface area contributed by atoms with Gasteiger partial charge in [0.25, 0.3) is 11.8 Å². The second-order valence-corrected chi connectivity index (χ2v) is 10.8. The topological polar surface area (TPSA) is 98.4 Å². The second-order valence-electron chi connectivity index (χ2n) is 9.90. The van der Waals surface area contributed by atoms with Gasteiger partial charge in [-0.25, -0.2) is 0 Å². The van der Waals surface area contributed by atoms with E-state index in [0.717, 1.165) is 17.3 Å². The molecule has 0 radical (unpaired) electrons. The van der Waals surface area contributed by atoms with E-state index >= 15 is 0 Å². The number of benzene rings is 1. The molecule has 4 heterocycles. The summed E-state index contributed by atoms with van der Waals surface area (Å²) in [5.74, 6) is -0.410. The first-order chi connectivity index (χ1) is 15.7. The van der Waals surface area contributed by atoms with Crippen molar-refractivity contribution in [2.75, 3.05) is 13.1 Å². The Morgan fingerprint density at radius 1 is 1.15 bits per heavy atom. The Labute approximate surface area is 196 Å². The van der Waals surface area contributed by atoms with Gasteiger partial charge in [-0.3, -0.25) is 19.4 Å². The maximum absolute atomic E-state index is 13.6. The molecule has 2 fully saturated rings. The Morgan fingerprint density at radius 2 is 1.88 bits per heavy atom. The number of thiazole rings is 1. The van der Waals surface area contributed by atoms with Crippen molar-refractivity contribution in [3.8, 4) is 0 Å². The number of hydrogen-bond acceptors (Lipinski definition) is 5. The first-order valence-electron chi connectivity index (χ1n) is 11.1. The van der Waals surface area contributed by atoms with Gasteiger partial charge in [0.2, 0.25) is 5.91 Å². The summed E-state index contributed by atoms with van der Waals surface area (Å²) in [5.41, 5.74) is 2.49. The van der Waals surface area contributed by atoms with Crippen molar-refractivity contribution in [3.05, 3.63) is 52.6 Å². The lowest BCUT2D eigenvalue weighted by molar-refractivity contribution is -0.138. The van der Waals surface area contributed by atoms with Gasteiger partial charge >= 0.3 is 0 Å². The van der Waals surface area contributed by atoms with Crippen molar-refractivity contribution in [2.24, 2.45) is 5.41 Å². The SMILES string of the molecule is CC(C)(C)C(NC(=O)c1cc2ccccc2[nH]1)C(=O)N1CC2CC1CN2C(=O)c1cncs1. The summed E-state index contributed by atoms with van der Waals surface area (Å²) in [4.78, 5) is 50.9. The van der Waals surface area contributed by atoms with E-state index in [1.165, 1.54) is 11.3 Å². The van der Waals surface area contributed by atoms with Crippen LogP contribution in [-0.2, 0) is 4.79 Å². The Bertz CT molecular complexity index is 1180. The van der Waals surface area contributed by atoms with Gasteiger partial charge in [-0.1, -0.05) is 39.0 Å². The average Bonchev–Trinajstić information content (AvgIpc) is 3.57. The molecular formula is C24H27N5O3S. The Morgan fingerprint density at radius 3 is 2.52 bits per heavy atom. The van der Waals surface area contributed by atoms with Crippen LogP contribution < -0.4 is 5.32 Å². The van der Waals surface area contributed by atoms with Crippen molar-refractivity contribution in [3.63, 3.8) is 0 Å². The number of carbonyl (C=O) groups is 3. The lowest BCUT2D eigenvalue weighted by atomic mass is 9.85. The van der Waals surface area contributed by atoms with Crippen LogP contribution in [0, 0.1) is 5.41 Å². The summed E-state index contributed by atoms with van der Waals surface area (Å²) in [7, 11) is 0. The molecule has 172 valence electrons. The Kier molecular flexibility index (Phi) is 5.23. The molecule has 3 aromatic rings. The van der Waals surface area contributed by atoms with Gasteiger partial charge < -0.3 is 20.1 Å². The molecule has 0 saturated carbocycles. The lowest BCUT2D eigenvalue weighted by Gasteiger charge is -2.39. The molecule has 2 aliphatic heterocycles. The van der Waals surface area contributed by atoms with Gasteiger partial charge in [-0.05, 0) is 24.0 Å². The summed E-state index contributed by atoms with van der Waals surface area (Å²) in [5, 5.41) is 3.93. The summed E-state index contributed by atoms with van der Waals surface area (Å²) in [6, 6.07) is 8.77. The summed E-state index contributed by atoms with van der Waals surface area (Å²) in [6.45, 7) is 6.86. The molecule has 3 unspecified atom stereocenters. The molecule has 1 aromatic carbocycles. The summed E-state index contributed by atoms with van der Waals surface area (Å²) >= 11 is 1.33. The highest BCUT2D eigenvalue weighted by atomic mass is 32.1. The largest absolute Gasteiger partial charge is 0.351 e. The molecule has 2 aromatic heterocycles. The molecule has 3 amide bonds. The number of rotatable bonds is 4. The van der Waals surface area contributed by atoms with E-state index in [1.54, 1.807) is 17.8 Å². The fraction of sp³-hybridized carbons (Fsp3) is 0.417. The zero-order valence-corrected chi connectivity index (χ0v) is 19.7. The molecule has 5 rings (SSSR count). The number of hydrogen-bond donors (Lipinski definition) is 2. The van der Waals surface area contributed by atoms with Gasteiger partial charge in [0.05, 0.1) is 23.8 Å². The third-order valence-corrected chi connectivity index (χ3v) is 7.35. The van der Waals surface area contributed by atoms with Crippen LogP contribution in [-0.4, -0.2) is 68.7 Å². The lowest BCUT2D eigenvalue weighted by Crippen LogP contribution is -2.59. The first-order valence-corrected chi connectivity index (χ1v) is 12.0. The molecular weight excluding hydrogens is 438 g/mol. The minimum atomic E-state index is -0.679. The van der Waals surface area contributed by atoms with Crippen molar-refractivity contribution in [1.82, 2.24) is 25.1 Å². The van der Waals surface area contributed by atoms with Gasteiger partial charge in [0.15, 0.2) is 0 Å². The second kappa shape index (κ2) is 7.98.